The predicted octanol–water partition coefficient (Wildman–Crippen LogP) is -9.23. The molecule has 0 aliphatic carbocycles. The summed E-state index contributed by atoms with van der Waals surface area (Å²) in [6.07, 6.45) is -0.481. The molecule has 60 heavy (non-hydrogen) atoms. The number of nitrogens with two attached hydrogens (primary N) is 3. The Morgan fingerprint density at radius 2 is 1.20 bits per heavy atom. The number of primary amides is 2. The van der Waals surface area contributed by atoms with E-state index in [9.17, 15) is 67.7 Å². The first-order valence-corrected chi connectivity index (χ1v) is 18.6. The third-order valence-electron chi connectivity index (χ3n) is 8.50. The summed E-state index contributed by atoms with van der Waals surface area (Å²) in [4.78, 5) is 147. The molecule has 18 N–H and O–H groups in total. The zero-order valence-electron chi connectivity index (χ0n) is 32.7. The van der Waals surface area contributed by atoms with Gasteiger partial charge in [0.1, 0.15) is 42.3 Å². The molecule has 27 heteroatoms. The summed E-state index contributed by atoms with van der Waals surface area (Å²) in [6, 6.07) is -10.0. The minimum absolute atomic E-state index is 0.0181. The van der Waals surface area contributed by atoms with Gasteiger partial charge in [-0.05, 0) is 45.6 Å². The zero-order chi connectivity index (χ0) is 45.5. The summed E-state index contributed by atoms with van der Waals surface area (Å²) in [5.41, 5.74) is 15.7. The molecule has 1 fully saturated rings. The van der Waals surface area contributed by atoms with Crippen LogP contribution in [0.15, 0.2) is 0 Å². The molecule has 336 valence electrons. The molecule has 0 spiro atoms. The normalized spacial score (nSPS) is 16.1. The Morgan fingerprint density at radius 3 is 1.73 bits per heavy atom. The van der Waals surface area contributed by atoms with Gasteiger partial charge in [-0.25, -0.2) is 4.79 Å². The van der Waals surface area contributed by atoms with Gasteiger partial charge in [0.05, 0.1) is 32.7 Å². The van der Waals surface area contributed by atoms with Crippen LogP contribution in [0, 0.1) is 0 Å². The third kappa shape index (κ3) is 19.3. The Balaban J connectivity index is 2.86. The van der Waals surface area contributed by atoms with Crippen molar-refractivity contribution in [3.8, 4) is 0 Å². The average molecular weight is 859 g/mol. The molecule has 0 aromatic rings. The number of amides is 11. The highest BCUT2D eigenvalue weighted by Gasteiger charge is 2.33. The lowest BCUT2D eigenvalue weighted by atomic mass is 10.1. The maximum Gasteiger partial charge on any atom is 0.326 e. The molecule has 0 aromatic carbocycles. The molecule has 0 saturated carbocycles. The zero-order valence-corrected chi connectivity index (χ0v) is 32.7. The summed E-state index contributed by atoms with van der Waals surface area (Å²) in [5.74, 6) is -11.6. The number of aliphatic hydroxyl groups excluding tert-OH is 2. The van der Waals surface area contributed by atoms with Crippen molar-refractivity contribution in [2.45, 2.75) is 101 Å². The summed E-state index contributed by atoms with van der Waals surface area (Å²) in [6.45, 7) is -2.06. The van der Waals surface area contributed by atoms with Gasteiger partial charge in [0.2, 0.25) is 65.0 Å². The Kier molecular flexibility index (Phi) is 22.8. The van der Waals surface area contributed by atoms with E-state index in [4.69, 9.17) is 22.3 Å². The number of aliphatic carboxylic acids is 1. The second-order valence-electron chi connectivity index (χ2n) is 13.4. The van der Waals surface area contributed by atoms with E-state index in [0.717, 1.165) is 0 Å². The first kappa shape index (κ1) is 51.5. The molecule has 1 aliphatic heterocycles. The molecule has 1 rings (SSSR count). The number of hydrogen-bond acceptors (Lipinski definition) is 15. The number of carbonyl (C=O) groups is 12. The topological polar surface area (TPSA) is 452 Å². The lowest BCUT2D eigenvalue weighted by Crippen LogP contribution is -2.59. The standard InChI is InChI=1S/C33H54N12O15/c1-15(39-29(55)18-6-8-24(50)40-18)27(53)42-16(4-2-3-9-34)30(56)45-21(14-47)32(58)43-17(5-7-22(35)48)28(54)38-11-25(51)37-12-26(52)41-20(13-46)31(57)44-19(33(59)60)10-23(36)49/h15-21,46-47H,2-14,34H2,1H3,(H2,35,48)(H2,36,49)(H,37,51)(H,38,54)(H,39,55)(H,40,50)(H,41,52)(H,42,53)(H,43,58)(H,44,57)(H,45,56)(H,59,60)/t15-,16-,17-,18-,19-,20-,21-/m0/s1. The molecule has 1 aliphatic rings. The van der Waals surface area contributed by atoms with Crippen LogP contribution in [-0.2, 0) is 57.5 Å². The van der Waals surface area contributed by atoms with Crippen molar-refractivity contribution in [1.29, 1.82) is 0 Å². The van der Waals surface area contributed by atoms with E-state index in [1.807, 2.05) is 10.6 Å². The number of rotatable bonds is 28. The maximum absolute atomic E-state index is 13.3. The van der Waals surface area contributed by atoms with Crippen LogP contribution in [0.25, 0.3) is 0 Å². The van der Waals surface area contributed by atoms with E-state index in [-0.39, 0.29) is 31.7 Å². The van der Waals surface area contributed by atoms with Crippen molar-refractivity contribution < 1.29 is 72.9 Å². The van der Waals surface area contributed by atoms with Gasteiger partial charge < -0.3 is 80.4 Å². The van der Waals surface area contributed by atoms with Gasteiger partial charge in [-0.1, -0.05) is 0 Å². The Morgan fingerprint density at radius 1 is 0.667 bits per heavy atom. The summed E-state index contributed by atoms with van der Waals surface area (Å²) in [7, 11) is 0. The molecular weight excluding hydrogens is 804 g/mol. The van der Waals surface area contributed by atoms with Gasteiger partial charge in [0.25, 0.3) is 0 Å². The molecule has 0 unspecified atom stereocenters. The van der Waals surface area contributed by atoms with Crippen molar-refractivity contribution in [3.05, 3.63) is 0 Å². The molecule has 27 nitrogen and oxygen atoms in total. The van der Waals surface area contributed by atoms with Crippen molar-refractivity contribution in [2.24, 2.45) is 17.2 Å². The average Bonchev–Trinajstić information content (AvgIpc) is 3.63. The number of nitrogens with one attached hydrogen (secondary N) is 9. The van der Waals surface area contributed by atoms with E-state index >= 15 is 0 Å². The fraction of sp³-hybridized carbons (Fsp3) is 0.636. The van der Waals surface area contributed by atoms with Crippen molar-refractivity contribution in [2.75, 3.05) is 32.8 Å². The van der Waals surface area contributed by atoms with E-state index in [0.29, 0.717) is 12.8 Å². The molecule has 0 radical (unpaired) electrons. The maximum atomic E-state index is 13.3. The predicted molar refractivity (Wildman–Crippen MR) is 201 cm³/mol. The Bertz CT molecular complexity index is 1610. The molecule has 0 bridgehead atoms. The fourth-order valence-electron chi connectivity index (χ4n) is 5.19. The second kappa shape index (κ2) is 26.5. The molecule has 7 atom stereocenters. The molecule has 0 aromatic heterocycles. The number of hydrogen-bond donors (Lipinski definition) is 15. The van der Waals surface area contributed by atoms with Gasteiger partial charge in [-0.15, -0.1) is 0 Å². The SMILES string of the molecule is C[C@H](NC(=O)[C@@H]1CCC(=O)N1)C(=O)N[C@@H](CCCCN)C(=O)N[C@@H](CO)C(=O)N[C@@H](CCC(N)=O)C(=O)NCC(=O)NCC(=O)N[C@@H](CO)C(=O)N[C@@H](CC(N)=O)C(=O)O. The van der Waals surface area contributed by atoms with Gasteiger partial charge in [0.15, 0.2) is 0 Å². The van der Waals surface area contributed by atoms with Gasteiger partial charge >= 0.3 is 5.97 Å². The van der Waals surface area contributed by atoms with Crippen LogP contribution in [0.1, 0.15) is 58.3 Å². The minimum Gasteiger partial charge on any atom is -0.480 e. The number of aliphatic hydroxyl groups is 2. The molecule has 1 heterocycles. The van der Waals surface area contributed by atoms with Crippen molar-refractivity contribution in [1.82, 2.24) is 47.9 Å². The largest absolute Gasteiger partial charge is 0.480 e. The Hall–Kier alpha value is -6.48. The number of carboxylic acid groups (broad SMARTS) is 1. The first-order valence-electron chi connectivity index (χ1n) is 18.6. The number of carboxylic acids is 1. The summed E-state index contributed by atoms with van der Waals surface area (Å²) >= 11 is 0. The van der Waals surface area contributed by atoms with E-state index in [2.05, 4.69) is 37.2 Å². The monoisotopic (exact) mass is 858 g/mol. The lowest BCUT2D eigenvalue weighted by Gasteiger charge is -2.25. The summed E-state index contributed by atoms with van der Waals surface area (Å²) < 4.78 is 0. The van der Waals surface area contributed by atoms with Crippen LogP contribution in [-0.4, -0.2) is 161 Å². The van der Waals surface area contributed by atoms with Crippen LogP contribution >= 0.6 is 0 Å². The second-order valence-corrected chi connectivity index (χ2v) is 13.4. The Labute approximate surface area is 342 Å². The van der Waals surface area contributed by atoms with E-state index in [1.54, 1.807) is 0 Å². The highest BCUT2D eigenvalue weighted by molar-refractivity contribution is 5.98. The number of carbonyl (C=O) groups excluding carboxylic acids is 11. The smallest absolute Gasteiger partial charge is 0.326 e. The van der Waals surface area contributed by atoms with E-state index < -0.39 is 153 Å². The van der Waals surface area contributed by atoms with E-state index in [1.165, 1.54) is 6.92 Å². The lowest BCUT2D eigenvalue weighted by molar-refractivity contribution is -0.144. The van der Waals surface area contributed by atoms with Crippen LogP contribution < -0.4 is 65.1 Å². The highest BCUT2D eigenvalue weighted by atomic mass is 16.4. The van der Waals surface area contributed by atoms with Gasteiger partial charge in [0, 0.05) is 12.8 Å². The fourth-order valence-corrected chi connectivity index (χ4v) is 5.19. The summed E-state index contributed by atoms with van der Waals surface area (Å²) in [5, 5.41) is 48.7. The van der Waals surface area contributed by atoms with Crippen molar-refractivity contribution in [3.63, 3.8) is 0 Å². The molecule has 11 amide bonds. The third-order valence-corrected chi connectivity index (χ3v) is 8.50. The van der Waals surface area contributed by atoms with Gasteiger partial charge in [-0.3, -0.25) is 52.7 Å². The molecular formula is C33H54N12O15. The minimum atomic E-state index is -1.76. The van der Waals surface area contributed by atoms with Crippen LogP contribution in [0.3, 0.4) is 0 Å². The van der Waals surface area contributed by atoms with Crippen LogP contribution in [0.4, 0.5) is 0 Å². The van der Waals surface area contributed by atoms with Crippen LogP contribution in [0.2, 0.25) is 0 Å². The number of unbranched alkanes of at least 4 members (excludes halogenated alkanes) is 1. The van der Waals surface area contributed by atoms with Gasteiger partial charge in [-0.2, -0.15) is 0 Å². The van der Waals surface area contributed by atoms with Crippen molar-refractivity contribution >= 4 is 70.9 Å². The first-order chi connectivity index (χ1) is 28.2. The molecule has 1 saturated heterocycles. The highest BCUT2D eigenvalue weighted by Crippen LogP contribution is 2.08. The van der Waals surface area contributed by atoms with Crippen LogP contribution in [0.5, 0.6) is 0 Å². The quantitative estimate of drug-likeness (QED) is 0.0325.